The van der Waals surface area contributed by atoms with Crippen molar-refractivity contribution in [3.05, 3.63) is 53.1 Å². The Labute approximate surface area is 159 Å². The highest BCUT2D eigenvalue weighted by molar-refractivity contribution is 6.31. The molecular formula is C19H17ClF3N3O. The molecule has 2 aliphatic heterocycles. The molecule has 27 heavy (non-hydrogen) atoms. The predicted octanol–water partition coefficient (Wildman–Crippen LogP) is 5.08. The van der Waals surface area contributed by atoms with Gasteiger partial charge in [-0.3, -0.25) is 4.99 Å². The van der Waals surface area contributed by atoms with Crippen LogP contribution in [-0.4, -0.2) is 24.6 Å². The molecule has 0 aromatic heterocycles. The number of amidine groups is 1. The number of alkyl halides is 3. The lowest BCUT2D eigenvalue weighted by Gasteiger charge is -2.40. The van der Waals surface area contributed by atoms with E-state index in [2.05, 4.69) is 4.99 Å². The average molecular weight is 396 g/mol. The van der Waals surface area contributed by atoms with Crippen LogP contribution in [0.15, 0.2) is 47.5 Å². The summed E-state index contributed by atoms with van der Waals surface area (Å²) < 4.78 is 45.0. The summed E-state index contributed by atoms with van der Waals surface area (Å²) in [5, 5.41) is 0.530. The zero-order chi connectivity index (χ0) is 19.2. The topological polar surface area (TPSA) is 50.8 Å². The number of rotatable bonds is 1. The third-order valence-electron chi connectivity index (χ3n) is 4.88. The molecule has 2 N–H and O–H groups in total. The summed E-state index contributed by atoms with van der Waals surface area (Å²) in [6.07, 6.45) is -3.46. The van der Waals surface area contributed by atoms with E-state index in [4.69, 9.17) is 22.1 Å². The Hall–Kier alpha value is -2.41. The van der Waals surface area contributed by atoms with Crippen molar-refractivity contribution in [2.45, 2.75) is 31.1 Å². The first kappa shape index (κ1) is 18.0. The number of hydrogen-bond donors (Lipinski definition) is 1. The van der Waals surface area contributed by atoms with Crippen molar-refractivity contribution < 1.29 is 17.9 Å². The number of nitrogens with two attached hydrogens (primary N) is 1. The first-order chi connectivity index (χ1) is 12.8. The van der Waals surface area contributed by atoms with Crippen molar-refractivity contribution in [1.29, 1.82) is 0 Å². The minimum atomic E-state index is -4.65. The predicted molar refractivity (Wildman–Crippen MR) is 98.8 cm³/mol. The standard InChI is InChI=1S/C19H17ClF3N3O/c20-11-7-8-16-14(10-11)26-9-3-5-13(25-18(24)19(21,22)23)17(26)12-4-1-2-6-15(12)27-16/h1-2,4,6-8,10,13,17H,3,5,9H2,(H2,24,25)/t13-,17-/m1/s1. The molecule has 2 aliphatic rings. The number of piperidine rings is 1. The molecule has 142 valence electrons. The maximum atomic E-state index is 13.0. The highest BCUT2D eigenvalue weighted by atomic mass is 35.5. The number of hydrogen-bond acceptors (Lipinski definition) is 3. The van der Waals surface area contributed by atoms with Crippen molar-refractivity contribution in [1.82, 2.24) is 0 Å². The minimum absolute atomic E-state index is 0.421. The molecule has 4 nitrogen and oxygen atoms in total. The zero-order valence-electron chi connectivity index (χ0n) is 14.2. The molecule has 2 aromatic rings. The number of aliphatic imine (C=N–C) groups is 1. The van der Waals surface area contributed by atoms with Crippen LogP contribution in [0.3, 0.4) is 0 Å². The normalized spacial score (nSPS) is 22.2. The number of nitrogens with zero attached hydrogens (tertiary/aromatic N) is 2. The molecular weight excluding hydrogens is 379 g/mol. The van der Waals surface area contributed by atoms with Crippen molar-refractivity contribution in [3.8, 4) is 11.5 Å². The molecule has 1 fully saturated rings. The lowest BCUT2D eigenvalue weighted by atomic mass is 9.90. The molecule has 0 aliphatic carbocycles. The molecule has 0 spiro atoms. The summed E-state index contributed by atoms with van der Waals surface area (Å²) in [4.78, 5) is 5.89. The molecule has 8 heteroatoms. The fourth-order valence-corrected chi connectivity index (χ4v) is 3.91. The first-order valence-corrected chi connectivity index (χ1v) is 8.96. The first-order valence-electron chi connectivity index (χ1n) is 8.58. The molecule has 2 heterocycles. The van der Waals surface area contributed by atoms with Crippen molar-refractivity contribution in [3.63, 3.8) is 0 Å². The van der Waals surface area contributed by atoms with E-state index in [1.807, 2.05) is 23.1 Å². The number of para-hydroxylation sites is 1. The second-order valence-electron chi connectivity index (χ2n) is 6.61. The lowest BCUT2D eigenvalue weighted by Crippen LogP contribution is -2.43. The van der Waals surface area contributed by atoms with Gasteiger partial charge < -0.3 is 15.4 Å². The average Bonchev–Trinajstić information content (AvgIpc) is 2.76. The van der Waals surface area contributed by atoms with Crippen LogP contribution in [0.1, 0.15) is 24.4 Å². The van der Waals surface area contributed by atoms with Crippen molar-refractivity contribution in [2.24, 2.45) is 10.7 Å². The van der Waals surface area contributed by atoms with Gasteiger partial charge in [0.15, 0.2) is 5.75 Å². The Morgan fingerprint density at radius 3 is 2.74 bits per heavy atom. The van der Waals surface area contributed by atoms with E-state index in [0.717, 1.165) is 11.3 Å². The van der Waals surface area contributed by atoms with E-state index in [1.54, 1.807) is 24.3 Å². The molecule has 0 radical (unpaired) electrons. The summed E-state index contributed by atoms with van der Waals surface area (Å²) in [5.41, 5.74) is 6.77. The molecule has 1 saturated heterocycles. The monoisotopic (exact) mass is 395 g/mol. The molecule has 4 rings (SSSR count). The third kappa shape index (κ3) is 3.32. The van der Waals surface area contributed by atoms with Gasteiger partial charge in [0, 0.05) is 17.1 Å². The fourth-order valence-electron chi connectivity index (χ4n) is 3.75. The number of fused-ring (bicyclic) bond motifs is 5. The smallest absolute Gasteiger partial charge is 0.448 e. The van der Waals surface area contributed by atoms with Gasteiger partial charge in [0.2, 0.25) is 5.84 Å². The molecule has 0 amide bonds. The van der Waals surface area contributed by atoms with Gasteiger partial charge in [-0.2, -0.15) is 13.2 Å². The molecule has 2 aromatic carbocycles. The van der Waals surface area contributed by atoms with Gasteiger partial charge in [0.25, 0.3) is 0 Å². The Balaban J connectivity index is 1.87. The lowest BCUT2D eigenvalue weighted by molar-refractivity contribution is -0.0603. The zero-order valence-corrected chi connectivity index (χ0v) is 15.0. The molecule has 2 atom stereocenters. The summed E-state index contributed by atoms with van der Waals surface area (Å²) in [7, 11) is 0. The quantitative estimate of drug-likeness (QED) is 0.541. The summed E-state index contributed by atoms with van der Waals surface area (Å²) >= 11 is 6.17. The van der Waals surface area contributed by atoms with Crippen LogP contribution in [-0.2, 0) is 0 Å². The van der Waals surface area contributed by atoms with Gasteiger partial charge in [-0.15, -0.1) is 0 Å². The maximum Gasteiger partial charge on any atom is 0.448 e. The Morgan fingerprint density at radius 1 is 1.19 bits per heavy atom. The summed E-state index contributed by atoms with van der Waals surface area (Å²) in [6.45, 7) is 0.660. The third-order valence-corrected chi connectivity index (χ3v) is 5.12. The summed E-state index contributed by atoms with van der Waals surface area (Å²) in [5.74, 6) is -0.0904. The maximum absolute atomic E-state index is 13.0. The second kappa shape index (κ2) is 6.64. The van der Waals surface area contributed by atoms with E-state index >= 15 is 0 Å². The largest absolute Gasteiger partial charge is 0.455 e. The Bertz CT molecular complexity index is 900. The van der Waals surface area contributed by atoms with Gasteiger partial charge >= 0.3 is 6.18 Å². The molecule has 0 unspecified atom stereocenters. The number of ether oxygens (including phenoxy) is 1. The number of anilines is 1. The van der Waals surface area contributed by atoms with Crippen LogP contribution in [0.25, 0.3) is 0 Å². The molecule has 0 saturated carbocycles. The summed E-state index contributed by atoms with van der Waals surface area (Å²) in [6, 6.07) is 11.5. The Kier molecular flexibility index (Phi) is 4.42. The highest BCUT2D eigenvalue weighted by Gasteiger charge is 2.40. The van der Waals surface area contributed by atoms with Crippen LogP contribution >= 0.6 is 11.6 Å². The van der Waals surface area contributed by atoms with Gasteiger partial charge in [-0.1, -0.05) is 29.8 Å². The number of benzene rings is 2. The van der Waals surface area contributed by atoms with Crippen molar-refractivity contribution >= 4 is 23.1 Å². The SMILES string of the molecule is NC(=N[C@@H]1CCCN2c3cc(Cl)ccc3Oc3ccccc3[C@H]12)C(F)(F)F. The van der Waals surface area contributed by atoms with Crippen LogP contribution in [0.4, 0.5) is 18.9 Å². The van der Waals surface area contributed by atoms with Crippen molar-refractivity contribution in [2.75, 3.05) is 11.4 Å². The van der Waals surface area contributed by atoms with E-state index in [0.29, 0.717) is 35.9 Å². The van der Waals surface area contributed by atoms with Gasteiger partial charge in [-0.25, -0.2) is 0 Å². The van der Waals surface area contributed by atoms with Crippen LogP contribution in [0.5, 0.6) is 11.5 Å². The van der Waals surface area contributed by atoms with Crippen LogP contribution < -0.4 is 15.4 Å². The minimum Gasteiger partial charge on any atom is -0.455 e. The van der Waals surface area contributed by atoms with Gasteiger partial charge in [0.05, 0.1) is 17.8 Å². The van der Waals surface area contributed by atoms with E-state index in [-0.39, 0.29) is 0 Å². The number of halogens is 4. The van der Waals surface area contributed by atoms with Gasteiger partial charge in [-0.05, 0) is 37.1 Å². The Morgan fingerprint density at radius 2 is 1.96 bits per heavy atom. The van der Waals surface area contributed by atoms with E-state index in [1.165, 1.54) is 0 Å². The van der Waals surface area contributed by atoms with Crippen LogP contribution in [0.2, 0.25) is 5.02 Å². The van der Waals surface area contributed by atoms with Crippen LogP contribution in [0, 0.1) is 0 Å². The molecule has 0 bridgehead atoms. The van der Waals surface area contributed by atoms with E-state index < -0.39 is 24.1 Å². The second-order valence-corrected chi connectivity index (χ2v) is 7.05. The van der Waals surface area contributed by atoms with E-state index in [9.17, 15) is 13.2 Å². The fraction of sp³-hybridized carbons (Fsp3) is 0.316. The highest BCUT2D eigenvalue weighted by Crippen LogP contribution is 2.48. The van der Waals surface area contributed by atoms with Gasteiger partial charge in [0.1, 0.15) is 5.75 Å².